The minimum Gasteiger partial charge on any atom is -0.497 e. The molecule has 0 aliphatic rings. The lowest BCUT2D eigenvalue weighted by Gasteiger charge is -2.08. The van der Waals surface area contributed by atoms with Crippen molar-refractivity contribution in [1.29, 1.82) is 0 Å². The SMILES string of the molecule is COc1ccc(C(=O)NCC(=O)NCc2cccc(C)c2)cc1. The summed E-state index contributed by atoms with van der Waals surface area (Å²) in [6.07, 6.45) is 0. The molecule has 0 bridgehead atoms. The van der Waals surface area contributed by atoms with Gasteiger partial charge in [-0.15, -0.1) is 0 Å². The first-order chi connectivity index (χ1) is 11.1. The Bertz CT molecular complexity index is 681. The molecular formula is C18H20N2O3. The number of hydrogen-bond donors (Lipinski definition) is 2. The minimum absolute atomic E-state index is 0.0589. The average molecular weight is 312 g/mol. The third-order valence-electron chi connectivity index (χ3n) is 3.33. The lowest BCUT2D eigenvalue weighted by atomic mass is 10.1. The summed E-state index contributed by atoms with van der Waals surface area (Å²) in [5.41, 5.74) is 2.65. The lowest BCUT2D eigenvalue weighted by molar-refractivity contribution is -0.120. The van der Waals surface area contributed by atoms with Gasteiger partial charge in [0.15, 0.2) is 0 Å². The maximum atomic E-state index is 11.9. The number of rotatable bonds is 6. The molecule has 0 aromatic heterocycles. The van der Waals surface area contributed by atoms with Gasteiger partial charge < -0.3 is 15.4 Å². The van der Waals surface area contributed by atoms with E-state index < -0.39 is 0 Å². The van der Waals surface area contributed by atoms with Crippen LogP contribution in [0.25, 0.3) is 0 Å². The molecule has 0 saturated carbocycles. The molecule has 5 heteroatoms. The molecule has 0 heterocycles. The molecule has 2 N–H and O–H groups in total. The van der Waals surface area contributed by atoms with Gasteiger partial charge in [-0.3, -0.25) is 9.59 Å². The van der Waals surface area contributed by atoms with Crippen LogP contribution in [0.1, 0.15) is 21.5 Å². The molecule has 0 fully saturated rings. The van der Waals surface area contributed by atoms with Crippen LogP contribution in [0.3, 0.4) is 0 Å². The van der Waals surface area contributed by atoms with Crippen LogP contribution >= 0.6 is 0 Å². The van der Waals surface area contributed by atoms with Crippen LogP contribution in [0.2, 0.25) is 0 Å². The van der Waals surface area contributed by atoms with E-state index >= 15 is 0 Å². The molecule has 0 aliphatic carbocycles. The number of carbonyl (C=O) groups excluding carboxylic acids is 2. The van der Waals surface area contributed by atoms with Gasteiger partial charge in [0, 0.05) is 12.1 Å². The summed E-state index contributed by atoms with van der Waals surface area (Å²) in [6, 6.07) is 14.6. The van der Waals surface area contributed by atoms with Gasteiger partial charge in [-0.2, -0.15) is 0 Å². The third kappa shape index (κ3) is 5.14. The maximum Gasteiger partial charge on any atom is 0.251 e. The molecule has 120 valence electrons. The molecule has 0 radical (unpaired) electrons. The van der Waals surface area contributed by atoms with Crippen molar-refractivity contribution in [2.45, 2.75) is 13.5 Å². The summed E-state index contributed by atoms with van der Waals surface area (Å²) in [5.74, 6) is 0.157. The van der Waals surface area contributed by atoms with E-state index in [0.717, 1.165) is 11.1 Å². The predicted octanol–water partition coefficient (Wildman–Crippen LogP) is 2.05. The van der Waals surface area contributed by atoms with Crippen LogP contribution in [0.5, 0.6) is 5.75 Å². The van der Waals surface area contributed by atoms with Gasteiger partial charge in [-0.1, -0.05) is 29.8 Å². The number of amides is 2. The summed E-state index contributed by atoms with van der Waals surface area (Å²) in [5, 5.41) is 5.37. The zero-order valence-corrected chi connectivity index (χ0v) is 13.3. The van der Waals surface area contributed by atoms with Crippen LogP contribution in [0, 0.1) is 6.92 Å². The summed E-state index contributed by atoms with van der Waals surface area (Å²) in [4.78, 5) is 23.7. The summed E-state index contributed by atoms with van der Waals surface area (Å²) in [6.45, 7) is 2.38. The Balaban J connectivity index is 1.78. The van der Waals surface area contributed by atoms with Crippen LogP contribution in [0.15, 0.2) is 48.5 Å². The van der Waals surface area contributed by atoms with E-state index in [1.54, 1.807) is 31.4 Å². The Kier molecular flexibility index (Phi) is 5.74. The second-order valence-electron chi connectivity index (χ2n) is 5.18. The fourth-order valence-electron chi connectivity index (χ4n) is 2.09. The van der Waals surface area contributed by atoms with Gasteiger partial charge in [0.2, 0.25) is 5.91 Å². The molecule has 0 spiro atoms. The Labute approximate surface area is 135 Å². The fraction of sp³-hybridized carbons (Fsp3) is 0.222. The van der Waals surface area contributed by atoms with Gasteiger partial charge in [0.05, 0.1) is 13.7 Å². The highest BCUT2D eigenvalue weighted by Gasteiger charge is 2.08. The quantitative estimate of drug-likeness (QED) is 0.858. The van der Waals surface area contributed by atoms with E-state index in [4.69, 9.17) is 4.74 Å². The molecule has 2 aromatic rings. The first-order valence-electron chi connectivity index (χ1n) is 7.33. The number of methoxy groups -OCH3 is 1. The largest absolute Gasteiger partial charge is 0.497 e. The molecular weight excluding hydrogens is 292 g/mol. The standard InChI is InChI=1S/C18H20N2O3/c1-13-4-3-5-14(10-13)11-19-17(21)12-20-18(22)15-6-8-16(23-2)9-7-15/h3-10H,11-12H2,1-2H3,(H,19,21)(H,20,22). The van der Waals surface area contributed by atoms with E-state index in [9.17, 15) is 9.59 Å². The zero-order chi connectivity index (χ0) is 16.7. The summed E-state index contributed by atoms with van der Waals surface area (Å²) >= 11 is 0. The van der Waals surface area contributed by atoms with Gasteiger partial charge in [-0.05, 0) is 36.8 Å². The molecule has 2 aromatic carbocycles. The Morgan fingerprint density at radius 1 is 1.04 bits per heavy atom. The predicted molar refractivity (Wildman–Crippen MR) is 88.4 cm³/mol. The van der Waals surface area contributed by atoms with Crippen molar-refractivity contribution >= 4 is 11.8 Å². The first-order valence-corrected chi connectivity index (χ1v) is 7.33. The van der Waals surface area contributed by atoms with Crippen molar-refractivity contribution in [2.75, 3.05) is 13.7 Å². The van der Waals surface area contributed by atoms with E-state index in [1.807, 2.05) is 31.2 Å². The van der Waals surface area contributed by atoms with E-state index in [0.29, 0.717) is 17.9 Å². The highest BCUT2D eigenvalue weighted by molar-refractivity contribution is 5.96. The molecule has 0 saturated heterocycles. The molecule has 0 atom stereocenters. The monoisotopic (exact) mass is 312 g/mol. The van der Waals surface area contributed by atoms with Crippen molar-refractivity contribution in [3.05, 3.63) is 65.2 Å². The number of aryl methyl sites for hydroxylation is 1. The Hall–Kier alpha value is -2.82. The van der Waals surface area contributed by atoms with Gasteiger partial charge >= 0.3 is 0 Å². The second kappa shape index (κ2) is 7.98. The van der Waals surface area contributed by atoms with Gasteiger partial charge in [0.1, 0.15) is 5.75 Å². The second-order valence-corrected chi connectivity index (χ2v) is 5.18. The van der Waals surface area contributed by atoms with Crippen molar-refractivity contribution < 1.29 is 14.3 Å². The molecule has 2 amide bonds. The molecule has 5 nitrogen and oxygen atoms in total. The van der Waals surface area contributed by atoms with Gasteiger partial charge in [-0.25, -0.2) is 0 Å². The molecule has 0 unspecified atom stereocenters. The molecule has 0 aliphatic heterocycles. The zero-order valence-electron chi connectivity index (χ0n) is 13.3. The van der Waals surface area contributed by atoms with Crippen molar-refractivity contribution in [1.82, 2.24) is 10.6 Å². The number of benzene rings is 2. The summed E-state index contributed by atoms with van der Waals surface area (Å²) in [7, 11) is 1.56. The maximum absolute atomic E-state index is 11.9. The van der Waals surface area contributed by atoms with Crippen molar-refractivity contribution in [3.63, 3.8) is 0 Å². The smallest absolute Gasteiger partial charge is 0.251 e. The molecule has 2 rings (SSSR count). The van der Waals surface area contributed by atoms with Crippen LogP contribution < -0.4 is 15.4 Å². The average Bonchev–Trinajstić information content (AvgIpc) is 2.58. The van der Waals surface area contributed by atoms with E-state index in [2.05, 4.69) is 10.6 Å². The summed E-state index contributed by atoms with van der Waals surface area (Å²) < 4.78 is 5.03. The number of hydrogen-bond acceptors (Lipinski definition) is 3. The van der Waals surface area contributed by atoms with E-state index in [-0.39, 0.29) is 18.4 Å². The first kappa shape index (κ1) is 16.5. The third-order valence-corrected chi connectivity index (χ3v) is 3.33. The Morgan fingerprint density at radius 2 is 1.78 bits per heavy atom. The normalized spacial score (nSPS) is 10.0. The number of carbonyl (C=O) groups is 2. The Morgan fingerprint density at radius 3 is 2.43 bits per heavy atom. The van der Waals surface area contributed by atoms with Crippen LogP contribution in [0.4, 0.5) is 0 Å². The van der Waals surface area contributed by atoms with Crippen molar-refractivity contribution in [2.24, 2.45) is 0 Å². The van der Waals surface area contributed by atoms with Crippen molar-refractivity contribution in [3.8, 4) is 5.75 Å². The minimum atomic E-state index is -0.293. The van der Waals surface area contributed by atoms with Crippen LogP contribution in [-0.4, -0.2) is 25.5 Å². The highest BCUT2D eigenvalue weighted by Crippen LogP contribution is 2.10. The topological polar surface area (TPSA) is 67.4 Å². The number of ether oxygens (including phenoxy) is 1. The lowest BCUT2D eigenvalue weighted by Crippen LogP contribution is -2.36. The fourth-order valence-corrected chi connectivity index (χ4v) is 2.09. The van der Waals surface area contributed by atoms with E-state index in [1.165, 1.54) is 0 Å². The van der Waals surface area contributed by atoms with Crippen LogP contribution in [-0.2, 0) is 11.3 Å². The number of nitrogens with one attached hydrogen (secondary N) is 2. The van der Waals surface area contributed by atoms with Gasteiger partial charge in [0.25, 0.3) is 5.91 Å². The molecule has 23 heavy (non-hydrogen) atoms. The highest BCUT2D eigenvalue weighted by atomic mass is 16.5.